The van der Waals surface area contributed by atoms with Gasteiger partial charge in [0.1, 0.15) is 5.75 Å². The molecule has 106 valence electrons. The van der Waals surface area contributed by atoms with Crippen molar-refractivity contribution >= 4 is 5.91 Å². The molecule has 1 aromatic rings. The number of hydrogen-bond donors (Lipinski definition) is 1. The molecule has 1 amide bonds. The lowest BCUT2D eigenvalue weighted by Crippen LogP contribution is -2.45. The van der Waals surface area contributed by atoms with Gasteiger partial charge in [-0.25, -0.2) is 0 Å². The molecule has 0 saturated heterocycles. The second-order valence-electron chi connectivity index (χ2n) is 5.11. The molecule has 1 unspecified atom stereocenters. The van der Waals surface area contributed by atoms with Crippen molar-refractivity contribution in [2.75, 3.05) is 14.2 Å². The van der Waals surface area contributed by atoms with E-state index in [1.807, 2.05) is 57.0 Å². The van der Waals surface area contributed by atoms with Crippen LogP contribution in [0.2, 0.25) is 0 Å². The van der Waals surface area contributed by atoms with Gasteiger partial charge in [-0.2, -0.15) is 0 Å². The highest BCUT2D eigenvalue weighted by molar-refractivity contribution is 5.81. The highest BCUT2D eigenvalue weighted by Gasteiger charge is 2.18. The number of hydrogen-bond acceptors (Lipinski definition) is 3. The number of methoxy groups -OCH3 is 1. The number of amides is 1. The maximum Gasteiger partial charge on any atom is 0.237 e. The van der Waals surface area contributed by atoms with E-state index >= 15 is 0 Å². The van der Waals surface area contributed by atoms with Crippen molar-refractivity contribution in [1.82, 2.24) is 10.2 Å². The van der Waals surface area contributed by atoms with Gasteiger partial charge in [0.05, 0.1) is 13.2 Å². The summed E-state index contributed by atoms with van der Waals surface area (Å²) in [4.78, 5) is 14.0. The van der Waals surface area contributed by atoms with E-state index in [-0.39, 0.29) is 18.0 Å². The molecule has 19 heavy (non-hydrogen) atoms. The summed E-state index contributed by atoms with van der Waals surface area (Å²) in [6, 6.07) is 7.91. The fourth-order valence-corrected chi connectivity index (χ4v) is 1.80. The van der Waals surface area contributed by atoms with Crippen LogP contribution in [-0.4, -0.2) is 37.0 Å². The van der Waals surface area contributed by atoms with E-state index in [2.05, 4.69) is 5.32 Å². The molecule has 0 radical (unpaired) electrons. The van der Waals surface area contributed by atoms with Crippen LogP contribution in [0.3, 0.4) is 0 Å². The van der Waals surface area contributed by atoms with Crippen molar-refractivity contribution in [2.45, 2.75) is 39.4 Å². The fourth-order valence-electron chi connectivity index (χ4n) is 1.80. The molecule has 4 nitrogen and oxygen atoms in total. The van der Waals surface area contributed by atoms with Gasteiger partial charge in [0.2, 0.25) is 5.91 Å². The lowest BCUT2D eigenvalue weighted by Gasteiger charge is -2.25. The summed E-state index contributed by atoms with van der Waals surface area (Å²) in [5, 5.41) is 2.93. The first-order valence-electron chi connectivity index (χ1n) is 6.57. The summed E-state index contributed by atoms with van der Waals surface area (Å²) in [5.41, 5.74) is 1.13. The Morgan fingerprint density at radius 2 is 2.05 bits per heavy atom. The predicted molar refractivity (Wildman–Crippen MR) is 77.2 cm³/mol. The highest BCUT2D eigenvalue weighted by Crippen LogP contribution is 2.14. The second kappa shape index (κ2) is 7.14. The maximum absolute atomic E-state index is 11.9. The summed E-state index contributed by atoms with van der Waals surface area (Å²) in [6.45, 7) is 6.56. The van der Waals surface area contributed by atoms with Gasteiger partial charge in [-0.05, 0) is 45.5 Å². The molecular weight excluding hydrogens is 240 g/mol. The van der Waals surface area contributed by atoms with E-state index < -0.39 is 0 Å². The Hall–Kier alpha value is -1.55. The van der Waals surface area contributed by atoms with Crippen LogP contribution in [0.1, 0.15) is 26.3 Å². The SMILES string of the molecule is COc1cccc(CN(C)C(C)C(=O)NC(C)C)c1. The molecule has 1 aromatic carbocycles. The van der Waals surface area contributed by atoms with Crippen LogP contribution in [0.4, 0.5) is 0 Å². The minimum atomic E-state index is -0.159. The van der Waals surface area contributed by atoms with Crippen LogP contribution in [0, 0.1) is 0 Å². The van der Waals surface area contributed by atoms with Crippen molar-refractivity contribution in [1.29, 1.82) is 0 Å². The Morgan fingerprint density at radius 1 is 1.37 bits per heavy atom. The summed E-state index contributed by atoms with van der Waals surface area (Å²) >= 11 is 0. The molecule has 4 heteroatoms. The van der Waals surface area contributed by atoms with Crippen LogP contribution in [0.25, 0.3) is 0 Å². The molecule has 0 heterocycles. The largest absolute Gasteiger partial charge is 0.497 e. The molecule has 1 N–H and O–H groups in total. The van der Waals surface area contributed by atoms with Gasteiger partial charge in [-0.15, -0.1) is 0 Å². The molecule has 0 saturated carbocycles. The van der Waals surface area contributed by atoms with Gasteiger partial charge >= 0.3 is 0 Å². The van der Waals surface area contributed by atoms with Crippen molar-refractivity contribution in [2.24, 2.45) is 0 Å². The van der Waals surface area contributed by atoms with E-state index in [0.717, 1.165) is 11.3 Å². The van der Waals surface area contributed by atoms with Gasteiger partial charge in [0, 0.05) is 12.6 Å². The molecule has 0 bridgehead atoms. The van der Waals surface area contributed by atoms with E-state index in [1.54, 1.807) is 7.11 Å². The van der Waals surface area contributed by atoms with Crippen molar-refractivity contribution in [3.63, 3.8) is 0 Å². The summed E-state index contributed by atoms with van der Waals surface area (Å²) in [5.74, 6) is 0.894. The molecule has 0 aromatic heterocycles. The smallest absolute Gasteiger partial charge is 0.237 e. The van der Waals surface area contributed by atoms with Crippen LogP contribution in [0.5, 0.6) is 5.75 Å². The molecule has 1 atom stereocenters. The first kappa shape index (κ1) is 15.5. The van der Waals surface area contributed by atoms with Gasteiger partial charge in [-0.1, -0.05) is 12.1 Å². The molecular formula is C15H24N2O2. The lowest BCUT2D eigenvalue weighted by atomic mass is 10.1. The van der Waals surface area contributed by atoms with Gasteiger partial charge in [0.15, 0.2) is 0 Å². The Labute approximate surface area is 115 Å². The molecule has 1 rings (SSSR count). The standard InChI is InChI=1S/C15H24N2O2/c1-11(2)16-15(18)12(3)17(4)10-13-7-6-8-14(9-13)19-5/h6-9,11-12H,10H2,1-5H3,(H,16,18). The Bertz CT molecular complexity index is 418. The van der Waals surface area contributed by atoms with Crippen molar-refractivity contribution in [3.8, 4) is 5.75 Å². The second-order valence-corrected chi connectivity index (χ2v) is 5.11. The number of rotatable bonds is 6. The summed E-state index contributed by atoms with van der Waals surface area (Å²) in [7, 11) is 3.60. The van der Waals surface area contributed by atoms with Gasteiger partial charge in [0.25, 0.3) is 0 Å². The van der Waals surface area contributed by atoms with E-state index in [1.165, 1.54) is 0 Å². The molecule has 0 aliphatic carbocycles. The topological polar surface area (TPSA) is 41.6 Å². The van der Waals surface area contributed by atoms with Crippen LogP contribution < -0.4 is 10.1 Å². The quantitative estimate of drug-likeness (QED) is 0.855. The predicted octanol–water partition coefficient (Wildman–Crippen LogP) is 2.04. The molecule has 0 aliphatic heterocycles. The average molecular weight is 264 g/mol. The minimum Gasteiger partial charge on any atom is -0.497 e. The van der Waals surface area contributed by atoms with E-state index in [4.69, 9.17) is 4.74 Å². The number of likely N-dealkylation sites (N-methyl/N-ethyl adjacent to an activating group) is 1. The Morgan fingerprint density at radius 3 is 2.63 bits per heavy atom. The average Bonchev–Trinajstić information content (AvgIpc) is 2.37. The number of carbonyl (C=O) groups excluding carboxylic acids is 1. The lowest BCUT2D eigenvalue weighted by molar-refractivity contribution is -0.126. The van der Waals surface area contributed by atoms with E-state index in [9.17, 15) is 4.79 Å². The van der Waals surface area contributed by atoms with Crippen molar-refractivity contribution < 1.29 is 9.53 Å². The summed E-state index contributed by atoms with van der Waals surface area (Å²) < 4.78 is 5.20. The zero-order valence-electron chi connectivity index (χ0n) is 12.4. The number of ether oxygens (including phenoxy) is 1. The maximum atomic E-state index is 11.9. The third-order valence-corrected chi connectivity index (χ3v) is 3.04. The fraction of sp³-hybridized carbons (Fsp3) is 0.533. The highest BCUT2D eigenvalue weighted by atomic mass is 16.5. The normalized spacial score (nSPS) is 12.6. The zero-order valence-corrected chi connectivity index (χ0v) is 12.4. The Balaban J connectivity index is 2.62. The monoisotopic (exact) mass is 264 g/mol. The third-order valence-electron chi connectivity index (χ3n) is 3.04. The first-order valence-corrected chi connectivity index (χ1v) is 6.57. The van der Waals surface area contributed by atoms with Gasteiger partial charge in [-0.3, -0.25) is 9.69 Å². The van der Waals surface area contributed by atoms with Crippen LogP contribution >= 0.6 is 0 Å². The van der Waals surface area contributed by atoms with Gasteiger partial charge < -0.3 is 10.1 Å². The number of carbonyl (C=O) groups is 1. The molecule has 0 fully saturated rings. The minimum absolute atomic E-state index is 0.0559. The Kier molecular flexibility index (Phi) is 5.83. The van der Waals surface area contributed by atoms with E-state index in [0.29, 0.717) is 6.54 Å². The summed E-state index contributed by atoms with van der Waals surface area (Å²) in [6.07, 6.45) is 0. The van der Waals surface area contributed by atoms with Crippen LogP contribution in [-0.2, 0) is 11.3 Å². The molecule has 0 aliphatic rings. The first-order chi connectivity index (χ1) is 8.93. The molecule has 0 spiro atoms. The third kappa shape index (κ3) is 4.91. The van der Waals surface area contributed by atoms with Crippen LogP contribution in [0.15, 0.2) is 24.3 Å². The van der Waals surface area contributed by atoms with Crippen molar-refractivity contribution in [3.05, 3.63) is 29.8 Å². The number of nitrogens with zero attached hydrogens (tertiary/aromatic N) is 1. The number of benzene rings is 1. The number of nitrogens with one attached hydrogen (secondary N) is 1. The zero-order chi connectivity index (χ0) is 14.4.